The summed E-state index contributed by atoms with van der Waals surface area (Å²) in [5, 5.41) is 4.21. The average Bonchev–Trinajstić information content (AvgIpc) is 2.72. The first-order valence-electron chi connectivity index (χ1n) is 7.18. The van der Waals surface area contributed by atoms with Gasteiger partial charge in [0, 0.05) is 26.7 Å². The minimum Gasteiger partial charge on any atom is -0.374 e. The summed E-state index contributed by atoms with van der Waals surface area (Å²) in [6.07, 6.45) is -0.136. The molecule has 0 bridgehead atoms. The number of ether oxygens (including phenoxy) is 2. The van der Waals surface area contributed by atoms with Gasteiger partial charge in [-0.15, -0.1) is 0 Å². The molecule has 1 aliphatic heterocycles. The number of nitrogens with zero attached hydrogens (tertiary/aromatic N) is 3. The van der Waals surface area contributed by atoms with Crippen LogP contribution in [-0.2, 0) is 26.2 Å². The molecule has 8 nitrogen and oxygen atoms in total. The predicted octanol–water partition coefficient (Wildman–Crippen LogP) is -0.287. The second kappa shape index (κ2) is 7.05. The molecule has 0 unspecified atom stereocenters. The number of sulfonamides is 1. The first kappa shape index (κ1) is 17.4. The molecular formula is C13H24N4O4S. The van der Waals surface area contributed by atoms with Crippen LogP contribution in [0.25, 0.3) is 0 Å². The van der Waals surface area contributed by atoms with Gasteiger partial charge in [0.2, 0.25) is 10.0 Å². The van der Waals surface area contributed by atoms with E-state index in [1.165, 1.54) is 4.68 Å². The molecule has 1 saturated heterocycles. The zero-order valence-electron chi connectivity index (χ0n) is 13.5. The average molecular weight is 332 g/mol. The van der Waals surface area contributed by atoms with Crippen LogP contribution in [-0.4, -0.2) is 69.6 Å². The van der Waals surface area contributed by atoms with Crippen LogP contribution in [0.15, 0.2) is 4.90 Å². The lowest BCUT2D eigenvalue weighted by molar-refractivity contribution is -0.0156. The highest BCUT2D eigenvalue weighted by Crippen LogP contribution is 2.19. The SMILES string of the molecule is COCn1nc(C)c(S(=O)(=O)NC[C@@H]2CN(C)CCO2)c1C. The van der Waals surface area contributed by atoms with Crippen LogP contribution in [0.5, 0.6) is 0 Å². The normalized spacial score (nSPS) is 20.5. The molecule has 0 radical (unpaired) electrons. The van der Waals surface area contributed by atoms with Crippen LogP contribution in [0, 0.1) is 13.8 Å². The third-order valence-electron chi connectivity index (χ3n) is 3.68. The van der Waals surface area contributed by atoms with E-state index in [0.29, 0.717) is 24.5 Å². The standard InChI is InChI=1S/C13H24N4O4S/c1-10-13(11(2)17(15-10)9-20-4)22(18,19)14-7-12-8-16(3)5-6-21-12/h12,14H,5-9H2,1-4H3/t12-/m1/s1. The maximum Gasteiger partial charge on any atom is 0.244 e. The molecule has 1 fully saturated rings. The van der Waals surface area contributed by atoms with Gasteiger partial charge in [-0.05, 0) is 20.9 Å². The van der Waals surface area contributed by atoms with E-state index in [2.05, 4.69) is 14.7 Å². The lowest BCUT2D eigenvalue weighted by Crippen LogP contribution is -2.46. The molecule has 1 atom stereocenters. The number of rotatable bonds is 6. The van der Waals surface area contributed by atoms with Gasteiger partial charge in [-0.1, -0.05) is 0 Å². The molecule has 0 amide bonds. The highest BCUT2D eigenvalue weighted by molar-refractivity contribution is 7.89. The van der Waals surface area contributed by atoms with E-state index in [1.807, 2.05) is 7.05 Å². The van der Waals surface area contributed by atoms with Gasteiger partial charge in [-0.3, -0.25) is 0 Å². The molecule has 0 saturated carbocycles. The van der Waals surface area contributed by atoms with Crippen molar-refractivity contribution in [3.05, 3.63) is 11.4 Å². The number of nitrogens with one attached hydrogen (secondary N) is 1. The van der Waals surface area contributed by atoms with Crippen LogP contribution < -0.4 is 4.72 Å². The van der Waals surface area contributed by atoms with Gasteiger partial charge >= 0.3 is 0 Å². The zero-order valence-corrected chi connectivity index (χ0v) is 14.3. The number of hydrogen-bond acceptors (Lipinski definition) is 6. The summed E-state index contributed by atoms with van der Waals surface area (Å²) in [6, 6.07) is 0. The summed E-state index contributed by atoms with van der Waals surface area (Å²) in [5.41, 5.74) is 1.03. The van der Waals surface area contributed by atoms with E-state index in [4.69, 9.17) is 9.47 Å². The topological polar surface area (TPSA) is 85.7 Å². The van der Waals surface area contributed by atoms with Gasteiger partial charge in [-0.2, -0.15) is 5.10 Å². The molecule has 1 aromatic rings. The van der Waals surface area contributed by atoms with E-state index >= 15 is 0 Å². The molecule has 126 valence electrons. The molecular weight excluding hydrogens is 308 g/mol. The van der Waals surface area contributed by atoms with Crippen molar-refractivity contribution in [3.63, 3.8) is 0 Å². The number of aromatic nitrogens is 2. The maximum atomic E-state index is 12.5. The number of methoxy groups -OCH3 is 1. The maximum absolute atomic E-state index is 12.5. The number of hydrogen-bond donors (Lipinski definition) is 1. The summed E-state index contributed by atoms with van der Waals surface area (Å²) in [5.74, 6) is 0. The number of morpholine rings is 1. The highest BCUT2D eigenvalue weighted by Gasteiger charge is 2.26. The van der Waals surface area contributed by atoms with Crippen LogP contribution in [0.4, 0.5) is 0 Å². The Morgan fingerprint density at radius 3 is 2.82 bits per heavy atom. The molecule has 9 heteroatoms. The summed E-state index contributed by atoms with van der Waals surface area (Å²) in [4.78, 5) is 2.34. The van der Waals surface area contributed by atoms with Gasteiger partial charge in [0.1, 0.15) is 11.6 Å². The van der Waals surface area contributed by atoms with Crippen LogP contribution in [0.1, 0.15) is 11.4 Å². The second-order valence-corrected chi connectivity index (χ2v) is 7.23. The number of aryl methyl sites for hydroxylation is 1. The largest absolute Gasteiger partial charge is 0.374 e. The summed E-state index contributed by atoms with van der Waals surface area (Å²) in [7, 11) is -0.0888. The van der Waals surface area contributed by atoms with Crippen LogP contribution >= 0.6 is 0 Å². The van der Waals surface area contributed by atoms with Gasteiger partial charge in [0.25, 0.3) is 0 Å². The summed E-state index contributed by atoms with van der Waals surface area (Å²) >= 11 is 0. The van der Waals surface area contributed by atoms with E-state index in [-0.39, 0.29) is 24.3 Å². The first-order valence-corrected chi connectivity index (χ1v) is 8.66. The molecule has 1 aliphatic rings. The quantitative estimate of drug-likeness (QED) is 0.771. The summed E-state index contributed by atoms with van der Waals surface area (Å²) in [6.45, 7) is 6.07. The zero-order chi connectivity index (χ0) is 16.3. The fraction of sp³-hybridized carbons (Fsp3) is 0.769. The third kappa shape index (κ3) is 3.85. The molecule has 2 rings (SSSR count). The summed E-state index contributed by atoms with van der Waals surface area (Å²) < 4.78 is 39.8. The van der Waals surface area contributed by atoms with Gasteiger partial charge in [0.15, 0.2) is 0 Å². The number of likely N-dealkylation sites (N-methyl/N-ethyl adjacent to an activating group) is 1. The van der Waals surface area contributed by atoms with Crippen molar-refractivity contribution in [1.82, 2.24) is 19.4 Å². The van der Waals surface area contributed by atoms with Gasteiger partial charge in [-0.25, -0.2) is 17.8 Å². The van der Waals surface area contributed by atoms with Crippen molar-refractivity contribution >= 4 is 10.0 Å². The van der Waals surface area contributed by atoms with E-state index in [9.17, 15) is 8.42 Å². The van der Waals surface area contributed by atoms with Crippen molar-refractivity contribution in [3.8, 4) is 0 Å². The molecule has 0 spiro atoms. The van der Waals surface area contributed by atoms with Crippen LogP contribution in [0.3, 0.4) is 0 Å². The Balaban J connectivity index is 2.10. The predicted molar refractivity (Wildman–Crippen MR) is 81.1 cm³/mol. The monoisotopic (exact) mass is 332 g/mol. The lowest BCUT2D eigenvalue weighted by atomic mass is 10.3. The van der Waals surface area contributed by atoms with Crippen molar-refractivity contribution in [2.75, 3.05) is 40.4 Å². The Morgan fingerprint density at radius 1 is 1.45 bits per heavy atom. The Bertz CT molecular complexity index is 614. The Hall–Kier alpha value is -1.00. The minimum absolute atomic E-state index is 0.136. The van der Waals surface area contributed by atoms with Gasteiger partial charge in [0.05, 0.1) is 24.1 Å². The molecule has 22 heavy (non-hydrogen) atoms. The highest BCUT2D eigenvalue weighted by atomic mass is 32.2. The third-order valence-corrected chi connectivity index (χ3v) is 5.35. The minimum atomic E-state index is -3.62. The van der Waals surface area contributed by atoms with Crippen molar-refractivity contribution in [2.45, 2.75) is 31.6 Å². The molecule has 1 N–H and O–H groups in total. The second-order valence-electron chi connectivity index (χ2n) is 5.52. The van der Waals surface area contributed by atoms with Crippen molar-refractivity contribution < 1.29 is 17.9 Å². The molecule has 0 aliphatic carbocycles. The Morgan fingerprint density at radius 2 is 2.18 bits per heavy atom. The molecule has 0 aromatic carbocycles. The first-order chi connectivity index (χ1) is 10.3. The van der Waals surface area contributed by atoms with Crippen molar-refractivity contribution in [2.24, 2.45) is 0 Å². The van der Waals surface area contributed by atoms with E-state index < -0.39 is 10.0 Å². The van der Waals surface area contributed by atoms with Gasteiger partial charge < -0.3 is 14.4 Å². The van der Waals surface area contributed by atoms with Crippen LogP contribution in [0.2, 0.25) is 0 Å². The Kier molecular flexibility index (Phi) is 5.56. The lowest BCUT2D eigenvalue weighted by Gasteiger charge is -2.30. The van der Waals surface area contributed by atoms with E-state index in [0.717, 1.165) is 6.54 Å². The fourth-order valence-corrected chi connectivity index (χ4v) is 4.06. The smallest absolute Gasteiger partial charge is 0.244 e. The van der Waals surface area contributed by atoms with E-state index in [1.54, 1.807) is 21.0 Å². The fourth-order valence-electron chi connectivity index (χ4n) is 2.58. The molecule has 1 aromatic heterocycles. The Labute approximate surface area is 131 Å². The molecule has 2 heterocycles. The van der Waals surface area contributed by atoms with Crippen molar-refractivity contribution in [1.29, 1.82) is 0 Å².